The van der Waals surface area contributed by atoms with E-state index < -0.39 is 11.0 Å². The zero-order valence-electron chi connectivity index (χ0n) is 23.0. The number of fused-ring (bicyclic) bond motifs is 2. The van der Waals surface area contributed by atoms with Crippen molar-refractivity contribution >= 4 is 43.1 Å². The number of rotatable bonds is 7. The summed E-state index contributed by atoms with van der Waals surface area (Å²) in [6.07, 6.45) is 1.95. The van der Waals surface area contributed by atoms with Gasteiger partial charge in [-0.25, -0.2) is 9.67 Å². The maximum absolute atomic E-state index is 11.4. The molecule has 43 heavy (non-hydrogen) atoms. The molecule has 0 bridgehead atoms. The van der Waals surface area contributed by atoms with Gasteiger partial charge < -0.3 is 10.4 Å². The minimum Gasteiger partial charge on any atom is -0.508 e. The Bertz CT molecular complexity index is 2120. The average Bonchev–Trinajstić information content (AvgIpc) is 3.65. The number of aromatic hydroxyl groups is 1. The predicted octanol–water partition coefficient (Wildman–Crippen LogP) is 8.43. The number of nitrogens with one attached hydrogen (secondary N) is 1. The highest BCUT2D eigenvalue weighted by atomic mass is 32.1. The monoisotopic (exact) mass is 583 g/mol. The van der Waals surface area contributed by atoms with Crippen molar-refractivity contribution in [3.05, 3.63) is 142 Å². The maximum Gasteiger partial charge on any atom is 0.269 e. The van der Waals surface area contributed by atoms with Crippen molar-refractivity contribution in [1.29, 1.82) is 0 Å². The van der Waals surface area contributed by atoms with Crippen LogP contribution in [0.25, 0.3) is 37.9 Å². The number of phenolic OH excluding ortho intramolecular Hbond substituents is 1. The summed E-state index contributed by atoms with van der Waals surface area (Å²) >= 11 is 1.54. The van der Waals surface area contributed by atoms with E-state index in [0.717, 1.165) is 37.8 Å². The fraction of sp³-hybridized carbons (Fsp3) is 0.0588. The van der Waals surface area contributed by atoms with Gasteiger partial charge in [0.15, 0.2) is 5.13 Å². The Balaban J connectivity index is 1.47. The Morgan fingerprint density at radius 2 is 1.70 bits per heavy atom. The summed E-state index contributed by atoms with van der Waals surface area (Å²) in [5.41, 5.74) is 5.68. The first-order valence-electron chi connectivity index (χ1n) is 13.7. The Morgan fingerprint density at radius 3 is 2.49 bits per heavy atom. The number of nitrogens with zero attached hydrogens (tertiary/aromatic N) is 4. The zero-order valence-corrected chi connectivity index (χ0v) is 23.8. The van der Waals surface area contributed by atoms with Gasteiger partial charge in [-0.05, 0) is 65.7 Å². The van der Waals surface area contributed by atoms with Crippen LogP contribution in [0, 0.1) is 17.0 Å². The number of para-hydroxylation sites is 1. The zero-order chi connectivity index (χ0) is 29.5. The lowest BCUT2D eigenvalue weighted by molar-refractivity contribution is -0.384. The number of hydrogen-bond donors (Lipinski definition) is 2. The molecule has 0 fully saturated rings. The van der Waals surface area contributed by atoms with Gasteiger partial charge >= 0.3 is 0 Å². The summed E-state index contributed by atoms with van der Waals surface area (Å²) in [4.78, 5) is 15.9. The fourth-order valence-electron chi connectivity index (χ4n) is 5.39. The molecule has 0 aliphatic rings. The molecule has 210 valence electrons. The lowest BCUT2D eigenvalue weighted by Gasteiger charge is -2.22. The third-order valence-corrected chi connectivity index (χ3v) is 8.42. The highest BCUT2D eigenvalue weighted by Crippen LogP contribution is 2.42. The highest BCUT2D eigenvalue weighted by Gasteiger charge is 2.28. The number of non-ortho nitro benzene ring substituents is 1. The molecule has 2 heterocycles. The van der Waals surface area contributed by atoms with E-state index in [1.165, 1.54) is 12.1 Å². The summed E-state index contributed by atoms with van der Waals surface area (Å²) in [6, 6.07) is 33.2. The van der Waals surface area contributed by atoms with Gasteiger partial charge in [-0.1, -0.05) is 65.9 Å². The van der Waals surface area contributed by atoms with Gasteiger partial charge in [-0.15, -0.1) is 0 Å². The molecule has 0 aliphatic carbocycles. The van der Waals surface area contributed by atoms with Gasteiger partial charge in [0, 0.05) is 35.0 Å². The normalized spacial score (nSPS) is 12.0. The van der Waals surface area contributed by atoms with E-state index in [1.54, 1.807) is 34.2 Å². The van der Waals surface area contributed by atoms with E-state index in [4.69, 9.17) is 10.1 Å². The topological polar surface area (TPSA) is 106 Å². The number of nitro groups is 1. The third-order valence-electron chi connectivity index (χ3n) is 7.47. The van der Waals surface area contributed by atoms with Crippen LogP contribution >= 0.6 is 11.3 Å². The quantitative estimate of drug-likeness (QED) is 0.144. The Morgan fingerprint density at radius 1 is 0.930 bits per heavy atom. The van der Waals surface area contributed by atoms with Crippen molar-refractivity contribution in [2.45, 2.75) is 13.0 Å². The van der Waals surface area contributed by atoms with Crippen molar-refractivity contribution in [2.75, 3.05) is 5.32 Å². The second kappa shape index (κ2) is 10.7. The molecule has 0 radical (unpaired) electrons. The van der Waals surface area contributed by atoms with Crippen molar-refractivity contribution < 1.29 is 10.0 Å². The number of aryl methyl sites for hydroxylation is 1. The van der Waals surface area contributed by atoms with Crippen LogP contribution in [0.4, 0.5) is 10.8 Å². The molecule has 2 aromatic heterocycles. The average molecular weight is 584 g/mol. The van der Waals surface area contributed by atoms with E-state index in [-0.39, 0.29) is 11.4 Å². The number of anilines is 1. The number of thiazole rings is 1. The number of aromatic nitrogens is 3. The smallest absolute Gasteiger partial charge is 0.269 e. The summed E-state index contributed by atoms with van der Waals surface area (Å²) in [5, 5.41) is 34.0. The van der Waals surface area contributed by atoms with Crippen LogP contribution in [0.1, 0.15) is 22.7 Å². The van der Waals surface area contributed by atoms with Gasteiger partial charge in [0.1, 0.15) is 5.75 Å². The predicted molar refractivity (Wildman–Crippen MR) is 171 cm³/mol. The third kappa shape index (κ3) is 4.96. The van der Waals surface area contributed by atoms with E-state index in [9.17, 15) is 15.2 Å². The van der Waals surface area contributed by atoms with Crippen molar-refractivity contribution in [3.63, 3.8) is 0 Å². The standard InChI is InChI=1S/C34H25N5O3S/c1-21-11-17-28-30(19-21)43-34(35-28)36-33(31-26-10-6-5-7-22(26)14-18-29(31)40)27-20-38(24-8-3-2-4-9-24)37-32(27)23-12-15-25(16-13-23)39(41)42/h2-20,33,40H,1H3,(H,35,36). The molecule has 1 atom stereocenters. The SMILES string of the molecule is Cc1ccc2nc(NC(c3cn(-c4ccccc4)nc3-c3ccc([N+](=O)[O-])cc3)c3c(O)ccc4ccccc34)sc2c1. The molecular formula is C34H25N5O3S. The maximum atomic E-state index is 11.4. The largest absolute Gasteiger partial charge is 0.508 e. The minimum absolute atomic E-state index is 0.000987. The highest BCUT2D eigenvalue weighted by molar-refractivity contribution is 7.22. The van der Waals surface area contributed by atoms with Crippen LogP contribution in [-0.2, 0) is 0 Å². The molecule has 0 saturated heterocycles. The molecule has 0 amide bonds. The molecule has 8 nitrogen and oxygen atoms in total. The second-order valence-electron chi connectivity index (χ2n) is 10.3. The fourth-order valence-corrected chi connectivity index (χ4v) is 6.38. The van der Waals surface area contributed by atoms with Gasteiger partial charge in [-0.2, -0.15) is 5.10 Å². The van der Waals surface area contributed by atoms with Gasteiger partial charge in [0.05, 0.1) is 32.6 Å². The molecule has 0 aliphatic heterocycles. The van der Waals surface area contributed by atoms with Crippen LogP contribution in [0.15, 0.2) is 115 Å². The molecule has 0 spiro atoms. The van der Waals surface area contributed by atoms with Gasteiger partial charge in [-0.3, -0.25) is 10.1 Å². The summed E-state index contributed by atoms with van der Waals surface area (Å²) in [7, 11) is 0. The molecule has 1 unspecified atom stereocenters. The number of hydrogen-bond acceptors (Lipinski definition) is 7. The van der Waals surface area contributed by atoms with Gasteiger partial charge in [0.2, 0.25) is 0 Å². The van der Waals surface area contributed by atoms with Crippen molar-refractivity contribution in [3.8, 4) is 22.7 Å². The van der Waals surface area contributed by atoms with Crippen LogP contribution in [0.2, 0.25) is 0 Å². The first-order valence-corrected chi connectivity index (χ1v) is 14.5. The first-order chi connectivity index (χ1) is 20.9. The molecular weight excluding hydrogens is 558 g/mol. The first kappa shape index (κ1) is 26.4. The minimum atomic E-state index is -0.574. The molecule has 0 saturated carbocycles. The van der Waals surface area contributed by atoms with E-state index in [1.807, 2.05) is 79.0 Å². The van der Waals surface area contributed by atoms with Crippen LogP contribution in [0.3, 0.4) is 0 Å². The Labute approximate surface area is 250 Å². The van der Waals surface area contributed by atoms with Crippen LogP contribution in [0.5, 0.6) is 5.75 Å². The van der Waals surface area contributed by atoms with E-state index in [0.29, 0.717) is 22.0 Å². The molecule has 7 rings (SSSR count). The summed E-state index contributed by atoms with van der Waals surface area (Å²) in [5.74, 6) is 0.135. The molecule has 9 heteroatoms. The summed E-state index contributed by atoms with van der Waals surface area (Å²) < 4.78 is 2.85. The lowest BCUT2D eigenvalue weighted by atomic mass is 9.91. The molecule has 7 aromatic rings. The van der Waals surface area contributed by atoms with Gasteiger partial charge in [0.25, 0.3) is 5.69 Å². The second-order valence-corrected chi connectivity index (χ2v) is 11.3. The van der Waals surface area contributed by atoms with E-state index >= 15 is 0 Å². The Hall–Kier alpha value is -5.54. The Kier molecular flexibility index (Phi) is 6.56. The van der Waals surface area contributed by atoms with Crippen molar-refractivity contribution in [2.24, 2.45) is 0 Å². The lowest BCUT2D eigenvalue weighted by Crippen LogP contribution is -2.13. The molecule has 5 aromatic carbocycles. The summed E-state index contributed by atoms with van der Waals surface area (Å²) in [6.45, 7) is 2.05. The van der Waals surface area contributed by atoms with Crippen molar-refractivity contribution in [1.82, 2.24) is 14.8 Å². The number of benzene rings is 5. The number of phenols is 1. The van der Waals surface area contributed by atoms with Crippen LogP contribution in [-0.4, -0.2) is 24.8 Å². The number of nitro benzene ring substituents is 1. The van der Waals surface area contributed by atoms with Crippen LogP contribution < -0.4 is 5.32 Å². The van der Waals surface area contributed by atoms with E-state index in [2.05, 4.69) is 18.3 Å². The molecule has 2 N–H and O–H groups in total.